The Morgan fingerprint density at radius 1 is 1.32 bits per heavy atom. The minimum absolute atomic E-state index is 0.215. The highest BCUT2D eigenvalue weighted by Gasteiger charge is 2.31. The van der Waals surface area contributed by atoms with Crippen molar-refractivity contribution in [2.75, 3.05) is 26.7 Å². The van der Waals surface area contributed by atoms with Crippen LogP contribution in [0.25, 0.3) is 0 Å². The van der Waals surface area contributed by atoms with Crippen molar-refractivity contribution in [3.8, 4) is 0 Å². The lowest BCUT2D eigenvalue weighted by atomic mass is 9.74. The monoisotopic (exact) mass is 270 g/mol. The molecule has 0 aromatic rings. The van der Waals surface area contributed by atoms with E-state index in [1.807, 2.05) is 27.8 Å². The molecule has 0 unspecified atom stereocenters. The Labute approximate surface area is 117 Å². The van der Waals surface area contributed by atoms with Gasteiger partial charge in [0, 0.05) is 13.6 Å². The van der Waals surface area contributed by atoms with Crippen molar-refractivity contribution in [3.63, 3.8) is 0 Å². The quantitative estimate of drug-likeness (QED) is 0.853. The van der Waals surface area contributed by atoms with Crippen LogP contribution in [0.5, 0.6) is 0 Å². The van der Waals surface area contributed by atoms with Crippen LogP contribution in [-0.4, -0.2) is 43.3 Å². The number of carbonyl (C=O) groups excluding carboxylic acids is 1. The highest BCUT2D eigenvalue weighted by atomic mass is 16.6. The lowest BCUT2D eigenvalue weighted by Crippen LogP contribution is -2.40. The van der Waals surface area contributed by atoms with Gasteiger partial charge < -0.3 is 15.0 Å². The van der Waals surface area contributed by atoms with Crippen LogP contribution in [0.4, 0.5) is 4.79 Å². The van der Waals surface area contributed by atoms with Crippen molar-refractivity contribution >= 4 is 6.09 Å². The molecule has 1 amide bonds. The third kappa shape index (κ3) is 5.39. The summed E-state index contributed by atoms with van der Waals surface area (Å²) in [4.78, 5) is 13.6. The molecule has 4 nitrogen and oxygen atoms in total. The van der Waals surface area contributed by atoms with Gasteiger partial charge in [-0.3, -0.25) is 0 Å². The third-order valence-corrected chi connectivity index (χ3v) is 4.10. The number of amides is 1. The van der Waals surface area contributed by atoms with Crippen LogP contribution in [0.1, 0.15) is 53.4 Å². The molecule has 1 fully saturated rings. The standard InChI is InChI=1S/C15H30N2O2/c1-6-15(7-10-16-11-8-15)9-12-17(5)13(18)19-14(2,3)4/h16H,6-12H2,1-5H3. The minimum atomic E-state index is -0.414. The Morgan fingerprint density at radius 2 is 1.89 bits per heavy atom. The Hall–Kier alpha value is -0.770. The Morgan fingerprint density at radius 3 is 2.37 bits per heavy atom. The number of carbonyl (C=O) groups is 1. The Balaban J connectivity index is 2.43. The first-order valence-corrected chi connectivity index (χ1v) is 7.43. The first-order chi connectivity index (χ1) is 8.78. The molecule has 0 radical (unpaired) electrons. The largest absolute Gasteiger partial charge is 0.444 e. The van der Waals surface area contributed by atoms with Crippen molar-refractivity contribution in [3.05, 3.63) is 0 Å². The third-order valence-electron chi connectivity index (χ3n) is 4.10. The number of nitrogens with one attached hydrogen (secondary N) is 1. The first-order valence-electron chi connectivity index (χ1n) is 7.43. The van der Waals surface area contributed by atoms with Gasteiger partial charge in [0.1, 0.15) is 5.60 Å². The summed E-state index contributed by atoms with van der Waals surface area (Å²) >= 11 is 0. The molecule has 1 saturated heterocycles. The Bertz CT molecular complexity index is 291. The van der Waals surface area contributed by atoms with Gasteiger partial charge in [0.05, 0.1) is 0 Å². The summed E-state index contributed by atoms with van der Waals surface area (Å²) in [5.41, 5.74) is -0.00985. The molecule has 0 aliphatic carbocycles. The lowest BCUT2D eigenvalue weighted by molar-refractivity contribution is 0.0264. The number of hydrogen-bond acceptors (Lipinski definition) is 3. The second kappa shape index (κ2) is 6.60. The summed E-state index contributed by atoms with van der Waals surface area (Å²) in [6, 6.07) is 0. The lowest BCUT2D eigenvalue weighted by Gasteiger charge is -2.38. The molecule has 0 aromatic heterocycles. The van der Waals surface area contributed by atoms with Gasteiger partial charge in [-0.05, 0) is 58.5 Å². The average Bonchev–Trinajstić information content (AvgIpc) is 2.35. The molecule has 0 saturated carbocycles. The van der Waals surface area contributed by atoms with Gasteiger partial charge >= 0.3 is 6.09 Å². The van der Waals surface area contributed by atoms with Gasteiger partial charge in [0.25, 0.3) is 0 Å². The first kappa shape index (κ1) is 16.3. The van der Waals surface area contributed by atoms with Crippen LogP contribution in [0.3, 0.4) is 0 Å². The molecule has 112 valence electrons. The fourth-order valence-electron chi connectivity index (χ4n) is 2.57. The molecule has 0 bridgehead atoms. The van der Waals surface area contributed by atoms with Crippen LogP contribution < -0.4 is 5.32 Å². The van der Waals surface area contributed by atoms with E-state index >= 15 is 0 Å². The zero-order valence-corrected chi connectivity index (χ0v) is 13.2. The van der Waals surface area contributed by atoms with Gasteiger partial charge in [-0.2, -0.15) is 0 Å². The van der Waals surface area contributed by atoms with E-state index in [2.05, 4.69) is 12.2 Å². The molecule has 1 N–H and O–H groups in total. The molecular weight excluding hydrogens is 240 g/mol. The zero-order chi connectivity index (χ0) is 14.5. The van der Waals surface area contributed by atoms with E-state index in [9.17, 15) is 4.79 Å². The van der Waals surface area contributed by atoms with Crippen LogP contribution in [-0.2, 0) is 4.74 Å². The molecule has 1 aliphatic rings. The fourth-order valence-corrected chi connectivity index (χ4v) is 2.57. The average molecular weight is 270 g/mol. The second-order valence-corrected chi connectivity index (χ2v) is 6.76. The second-order valence-electron chi connectivity index (χ2n) is 6.76. The van der Waals surface area contributed by atoms with E-state index in [1.165, 1.54) is 19.3 Å². The molecule has 0 spiro atoms. The van der Waals surface area contributed by atoms with Crippen molar-refractivity contribution in [2.24, 2.45) is 5.41 Å². The van der Waals surface area contributed by atoms with Gasteiger partial charge in [0.2, 0.25) is 0 Å². The number of ether oxygens (including phenoxy) is 1. The number of nitrogens with zero attached hydrogens (tertiary/aromatic N) is 1. The van der Waals surface area contributed by atoms with Gasteiger partial charge in [-0.15, -0.1) is 0 Å². The molecule has 1 heterocycles. The van der Waals surface area contributed by atoms with E-state index < -0.39 is 5.60 Å². The van der Waals surface area contributed by atoms with Crippen LogP contribution >= 0.6 is 0 Å². The normalized spacial score (nSPS) is 19.0. The predicted octanol–water partition coefficient (Wildman–Crippen LogP) is 3.02. The predicted molar refractivity (Wildman–Crippen MR) is 78.3 cm³/mol. The number of piperidine rings is 1. The fraction of sp³-hybridized carbons (Fsp3) is 0.933. The maximum atomic E-state index is 11.9. The van der Waals surface area contributed by atoms with E-state index in [-0.39, 0.29) is 6.09 Å². The number of hydrogen-bond donors (Lipinski definition) is 1. The summed E-state index contributed by atoms with van der Waals surface area (Å²) < 4.78 is 5.38. The highest BCUT2D eigenvalue weighted by Crippen LogP contribution is 2.36. The summed E-state index contributed by atoms with van der Waals surface area (Å²) in [5.74, 6) is 0. The SMILES string of the molecule is CCC1(CCN(C)C(=O)OC(C)(C)C)CCNCC1. The zero-order valence-electron chi connectivity index (χ0n) is 13.2. The summed E-state index contributed by atoms with van der Waals surface area (Å²) in [6.07, 6.45) is 4.47. The van der Waals surface area contributed by atoms with Gasteiger partial charge in [-0.1, -0.05) is 13.3 Å². The van der Waals surface area contributed by atoms with Crippen LogP contribution in [0, 0.1) is 5.41 Å². The highest BCUT2D eigenvalue weighted by molar-refractivity contribution is 5.67. The molecule has 19 heavy (non-hydrogen) atoms. The van der Waals surface area contributed by atoms with Gasteiger partial charge in [0.15, 0.2) is 0 Å². The van der Waals surface area contributed by atoms with Crippen molar-refractivity contribution in [2.45, 2.75) is 59.0 Å². The van der Waals surface area contributed by atoms with E-state index in [0.29, 0.717) is 5.41 Å². The van der Waals surface area contributed by atoms with E-state index in [0.717, 1.165) is 26.1 Å². The molecular formula is C15H30N2O2. The van der Waals surface area contributed by atoms with Crippen LogP contribution in [0.15, 0.2) is 0 Å². The summed E-state index contributed by atoms with van der Waals surface area (Å²) in [7, 11) is 1.83. The molecule has 4 heteroatoms. The van der Waals surface area contributed by atoms with Gasteiger partial charge in [-0.25, -0.2) is 4.79 Å². The minimum Gasteiger partial charge on any atom is -0.444 e. The maximum absolute atomic E-state index is 11.9. The van der Waals surface area contributed by atoms with E-state index in [1.54, 1.807) is 4.90 Å². The Kier molecular flexibility index (Phi) is 5.65. The van der Waals surface area contributed by atoms with E-state index in [4.69, 9.17) is 4.74 Å². The maximum Gasteiger partial charge on any atom is 0.410 e. The van der Waals surface area contributed by atoms with Crippen LogP contribution in [0.2, 0.25) is 0 Å². The molecule has 1 aliphatic heterocycles. The van der Waals surface area contributed by atoms with Crippen molar-refractivity contribution < 1.29 is 9.53 Å². The van der Waals surface area contributed by atoms with Crippen molar-refractivity contribution in [1.82, 2.24) is 10.2 Å². The number of rotatable bonds is 4. The van der Waals surface area contributed by atoms with Crippen molar-refractivity contribution in [1.29, 1.82) is 0 Å². The summed E-state index contributed by atoms with van der Waals surface area (Å²) in [6.45, 7) is 11.0. The smallest absolute Gasteiger partial charge is 0.410 e. The molecule has 0 aromatic carbocycles. The summed E-state index contributed by atoms with van der Waals surface area (Å²) in [5, 5.41) is 3.41. The molecule has 1 rings (SSSR count). The molecule has 0 atom stereocenters. The topological polar surface area (TPSA) is 41.6 Å².